The summed E-state index contributed by atoms with van der Waals surface area (Å²) in [5.41, 5.74) is 12.5. The van der Waals surface area contributed by atoms with Crippen molar-refractivity contribution < 1.29 is 28.7 Å². The van der Waals surface area contributed by atoms with E-state index in [9.17, 15) is 19.2 Å². The van der Waals surface area contributed by atoms with E-state index in [0.717, 1.165) is 59.1 Å². The zero-order valence-corrected chi connectivity index (χ0v) is 41.4. The lowest BCUT2D eigenvalue weighted by Gasteiger charge is -2.36. The summed E-state index contributed by atoms with van der Waals surface area (Å²) < 4.78 is 11.3. The number of Topliss-reactive ketones (excluding diaryl/α,β-unsaturated/α-hetero) is 2. The summed E-state index contributed by atoms with van der Waals surface area (Å²) in [5.74, 6) is -1.43. The van der Waals surface area contributed by atoms with Gasteiger partial charge in [-0.25, -0.2) is 9.63 Å². The highest BCUT2D eigenvalue weighted by molar-refractivity contribution is 6.13. The average molecular weight is 912 g/mol. The van der Waals surface area contributed by atoms with Gasteiger partial charge in [-0.15, -0.1) is 0 Å². The highest BCUT2D eigenvalue weighted by Crippen LogP contribution is 2.42. The van der Waals surface area contributed by atoms with Crippen molar-refractivity contribution in [1.82, 2.24) is 4.84 Å². The summed E-state index contributed by atoms with van der Waals surface area (Å²) in [4.78, 5) is 62.5. The lowest BCUT2D eigenvalue weighted by molar-refractivity contribution is -0.157. The Balaban J connectivity index is 1.97. The molecule has 10 nitrogen and oxygen atoms in total. The van der Waals surface area contributed by atoms with Crippen molar-refractivity contribution >= 4 is 48.7 Å². The van der Waals surface area contributed by atoms with Gasteiger partial charge in [0, 0.05) is 25.9 Å². The van der Waals surface area contributed by atoms with E-state index in [4.69, 9.17) is 27.0 Å². The van der Waals surface area contributed by atoms with Crippen LogP contribution in [0, 0.1) is 10.8 Å². The number of esters is 2. The van der Waals surface area contributed by atoms with Crippen molar-refractivity contribution in [2.45, 2.75) is 145 Å². The van der Waals surface area contributed by atoms with Crippen LogP contribution in [0.4, 0.5) is 0 Å². The van der Waals surface area contributed by atoms with E-state index in [1.54, 1.807) is 13.8 Å². The summed E-state index contributed by atoms with van der Waals surface area (Å²) in [5, 5.41) is 0. The second-order valence-corrected chi connectivity index (χ2v) is 18.6. The Labute approximate surface area is 394 Å². The number of ketones is 2. The lowest BCUT2D eigenvalue weighted by atomic mass is 9.71. The molecule has 2 aliphatic carbocycles. The Morgan fingerprint density at radius 1 is 0.708 bits per heavy atom. The molecule has 0 amide bonds. The number of hydrogen-bond donors (Lipinski definition) is 2. The van der Waals surface area contributed by atoms with Crippen molar-refractivity contribution in [1.29, 1.82) is 0 Å². The molecule has 0 aromatic heterocycles. The number of unbranched alkanes of at least 4 members (excludes halogenated alkanes) is 2. The number of ether oxygens (including phenoxy) is 2. The molecule has 2 aliphatic rings. The number of hydrogen-bond acceptors (Lipinski definition) is 10. The number of halogens is 1. The van der Waals surface area contributed by atoms with Crippen LogP contribution < -0.4 is 10.6 Å². The molecule has 0 fully saturated rings. The summed E-state index contributed by atoms with van der Waals surface area (Å²) in [6.07, 6.45) is 31.3. The Hall–Kier alpha value is -5.03. The normalized spacial score (nSPS) is 21.1. The number of nitrogens with two attached hydrogens (primary N) is 1. The molecule has 0 radical (unpaired) electrons. The van der Waals surface area contributed by atoms with Gasteiger partial charge < -0.3 is 20.2 Å². The van der Waals surface area contributed by atoms with E-state index in [2.05, 4.69) is 56.0 Å². The predicted molar refractivity (Wildman–Crippen MR) is 270 cm³/mol. The number of allylic oxidation sites excluding steroid dienone is 20. The van der Waals surface area contributed by atoms with Crippen molar-refractivity contribution in [3.05, 3.63) is 130 Å². The molecule has 0 aliphatic heterocycles. The summed E-state index contributed by atoms with van der Waals surface area (Å²) in [6.45, 7) is 28.2. The predicted octanol–water partition coefficient (Wildman–Crippen LogP) is 11.2. The summed E-state index contributed by atoms with van der Waals surface area (Å²) in [6, 6.07) is -1.48. The van der Waals surface area contributed by atoms with Crippen molar-refractivity contribution in [2.75, 3.05) is 13.1 Å². The Bertz CT molecular complexity index is 2070. The SMILES string of the molecule is C=NCCCCC(N=C)C(=O)OC1CC(C)(C)C(/C=C/C(C)=C/C=C/C(C)=C/C=C/C=C(C)/C=C/C=C(C)/C=C/C2=C(C)C(=O)C(OC(=O)C(N)CCCCNCl)CC2(C)C)=C(C)C1=O. The van der Waals surface area contributed by atoms with Crippen molar-refractivity contribution in [3.63, 3.8) is 0 Å². The molecule has 2 rings (SSSR count). The molecule has 65 heavy (non-hydrogen) atoms. The lowest BCUT2D eigenvalue weighted by Crippen LogP contribution is -2.42. The smallest absolute Gasteiger partial charge is 0.331 e. The minimum absolute atomic E-state index is 0.181. The van der Waals surface area contributed by atoms with Crippen LogP contribution in [0.15, 0.2) is 140 Å². The molecule has 0 bridgehead atoms. The van der Waals surface area contributed by atoms with E-state index in [1.807, 2.05) is 113 Å². The Morgan fingerprint density at radius 2 is 1.14 bits per heavy atom. The topological polar surface area (TPSA) is 150 Å². The molecule has 0 aromatic rings. The second-order valence-electron chi connectivity index (χ2n) is 18.4. The molecular formula is C54H75ClN4O6. The minimum Gasteiger partial charge on any atom is -0.453 e. The van der Waals surface area contributed by atoms with E-state index in [1.165, 1.54) is 0 Å². The van der Waals surface area contributed by atoms with Crippen LogP contribution in [0.5, 0.6) is 0 Å². The van der Waals surface area contributed by atoms with Crippen LogP contribution >= 0.6 is 11.8 Å². The second kappa shape index (κ2) is 28.1. The van der Waals surface area contributed by atoms with Gasteiger partial charge in [0.1, 0.15) is 12.1 Å². The maximum absolute atomic E-state index is 13.3. The highest BCUT2D eigenvalue weighted by Gasteiger charge is 2.42. The number of nitrogens with one attached hydrogen (secondary N) is 1. The summed E-state index contributed by atoms with van der Waals surface area (Å²) in [7, 11) is 0. The van der Waals surface area contributed by atoms with Gasteiger partial charge in [0.15, 0.2) is 23.8 Å². The van der Waals surface area contributed by atoms with Crippen LogP contribution in [-0.2, 0) is 28.7 Å². The van der Waals surface area contributed by atoms with Gasteiger partial charge in [0.05, 0.1) is 0 Å². The molecule has 3 N–H and O–H groups in total. The van der Waals surface area contributed by atoms with Gasteiger partial charge in [-0.3, -0.25) is 19.4 Å². The third kappa shape index (κ3) is 19.2. The first kappa shape index (κ1) is 56.1. The van der Waals surface area contributed by atoms with E-state index in [-0.39, 0.29) is 22.4 Å². The Kier molecular flexibility index (Phi) is 24.3. The molecule has 354 valence electrons. The Morgan fingerprint density at radius 3 is 1.58 bits per heavy atom. The van der Waals surface area contributed by atoms with Crippen LogP contribution in [0.1, 0.15) is 121 Å². The monoisotopic (exact) mass is 911 g/mol. The van der Waals surface area contributed by atoms with Gasteiger partial charge >= 0.3 is 11.9 Å². The third-order valence-corrected chi connectivity index (χ3v) is 11.9. The third-order valence-electron chi connectivity index (χ3n) is 11.7. The highest BCUT2D eigenvalue weighted by atomic mass is 35.5. The first-order valence-electron chi connectivity index (χ1n) is 22.7. The molecule has 11 heteroatoms. The zero-order chi connectivity index (χ0) is 48.7. The minimum atomic E-state index is -0.851. The number of carbonyl (C=O) groups is 4. The fraction of sp³-hybridized carbons (Fsp3) is 0.481. The van der Waals surface area contributed by atoms with Gasteiger partial charge in [0.2, 0.25) is 0 Å². The van der Waals surface area contributed by atoms with Crippen LogP contribution in [0.25, 0.3) is 0 Å². The van der Waals surface area contributed by atoms with Crippen LogP contribution in [0.3, 0.4) is 0 Å². The molecule has 4 atom stereocenters. The number of nitrogens with zero attached hydrogens (tertiary/aromatic N) is 2. The summed E-state index contributed by atoms with van der Waals surface area (Å²) >= 11 is 5.49. The van der Waals surface area contributed by atoms with E-state index in [0.29, 0.717) is 49.9 Å². The molecular weight excluding hydrogens is 836 g/mol. The standard InChI is InChI=1S/C54H75ClN4O6/c1-37(23-19-25-39(3)29-31-43-41(5)49(60)47(35-53(43,7)8)64-51(62)45(56)27-15-18-34-59-55)21-13-14-22-38(2)24-20-26-40(4)30-32-44-42(6)50(61)48(36-54(44,9)10)65-52(63)46(58-12)28-16-17-33-57-11/h13-14,19-26,29-32,45-48,59H,11-12,15-18,27-28,33-36,56H2,1-10H3/b14-13+,23-19+,24-20+,31-29+,32-30+,37-21+,38-22+,39-25+,40-26+. The van der Waals surface area contributed by atoms with Gasteiger partial charge in [-0.2, -0.15) is 0 Å². The molecule has 0 aromatic carbocycles. The largest absolute Gasteiger partial charge is 0.453 e. The number of rotatable bonds is 25. The first-order valence-corrected chi connectivity index (χ1v) is 23.0. The maximum atomic E-state index is 13.3. The van der Waals surface area contributed by atoms with Gasteiger partial charge in [-0.05, 0) is 138 Å². The average Bonchev–Trinajstić information content (AvgIpc) is 3.24. The quantitative estimate of drug-likeness (QED) is 0.0302. The van der Waals surface area contributed by atoms with E-state index < -0.39 is 36.2 Å². The molecule has 0 saturated carbocycles. The first-order chi connectivity index (χ1) is 30.7. The van der Waals surface area contributed by atoms with Gasteiger partial charge in [0.25, 0.3) is 0 Å². The van der Waals surface area contributed by atoms with Crippen molar-refractivity contribution in [3.8, 4) is 0 Å². The molecule has 4 unspecified atom stereocenters. The van der Waals surface area contributed by atoms with E-state index >= 15 is 0 Å². The number of aliphatic imine (C=N–C) groups is 2. The molecule has 0 spiro atoms. The molecule has 0 heterocycles. The van der Waals surface area contributed by atoms with Crippen LogP contribution in [0.2, 0.25) is 0 Å². The fourth-order valence-corrected chi connectivity index (χ4v) is 7.86. The van der Waals surface area contributed by atoms with Crippen molar-refractivity contribution in [2.24, 2.45) is 26.5 Å². The number of carbonyl (C=O) groups excluding carboxylic acids is 4. The van der Waals surface area contributed by atoms with Crippen LogP contribution in [-0.4, -0.2) is 74.3 Å². The zero-order valence-electron chi connectivity index (χ0n) is 40.7. The van der Waals surface area contributed by atoms with Gasteiger partial charge in [-0.1, -0.05) is 135 Å². The fourth-order valence-electron chi connectivity index (χ4n) is 7.72. The molecule has 0 saturated heterocycles. The maximum Gasteiger partial charge on any atom is 0.331 e.